The van der Waals surface area contributed by atoms with Crippen molar-refractivity contribution in [1.29, 1.82) is 0 Å². The van der Waals surface area contributed by atoms with Crippen LogP contribution in [0.25, 0.3) is 11.3 Å². The van der Waals surface area contributed by atoms with Crippen LogP contribution in [-0.2, 0) is 6.61 Å². The molecule has 0 amide bonds. The summed E-state index contributed by atoms with van der Waals surface area (Å²) in [5.74, 6) is -1.75. The molecule has 0 spiro atoms. The molecule has 144 valence electrons. The lowest BCUT2D eigenvalue weighted by molar-refractivity contribution is -0.274. The maximum atomic E-state index is 12.3. The third-order valence-corrected chi connectivity index (χ3v) is 3.32. The minimum absolute atomic E-state index is 0.00584. The number of nitrogens with zero attached hydrogens (tertiary/aromatic N) is 4. The monoisotopic (exact) mass is 392 g/mol. The SMILES string of the molecule is O=C(O)c1cnc(OCc2ccncn2)c(-c2ccc(OC(F)(F)F)cc2)n1. The fraction of sp³-hybridized carbons (Fsp3) is 0.118. The topological polar surface area (TPSA) is 107 Å². The minimum Gasteiger partial charge on any atom is -0.476 e. The molecule has 0 aliphatic carbocycles. The number of carboxylic acid groups (broad SMARTS) is 1. The van der Waals surface area contributed by atoms with Crippen molar-refractivity contribution < 1.29 is 32.5 Å². The maximum absolute atomic E-state index is 12.3. The van der Waals surface area contributed by atoms with E-state index in [1.165, 1.54) is 24.7 Å². The van der Waals surface area contributed by atoms with Crippen LogP contribution >= 0.6 is 0 Å². The highest BCUT2D eigenvalue weighted by atomic mass is 19.4. The standard InChI is InChI=1S/C17H11F3N4O4/c18-17(19,20)28-12-3-1-10(2-4-12)14-15(22-7-13(24-14)16(25)26)27-8-11-5-6-21-9-23-11/h1-7,9H,8H2,(H,25,26). The van der Waals surface area contributed by atoms with E-state index < -0.39 is 18.1 Å². The second kappa shape index (κ2) is 7.86. The Hall–Kier alpha value is -3.76. The summed E-state index contributed by atoms with van der Waals surface area (Å²) in [6, 6.07) is 6.34. The number of ether oxygens (including phenoxy) is 2. The lowest BCUT2D eigenvalue weighted by Gasteiger charge is -2.12. The zero-order valence-corrected chi connectivity index (χ0v) is 13.9. The zero-order valence-electron chi connectivity index (χ0n) is 13.9. The lowest BCUT2D eigenvalue weighted by Crippen LogP contribution is -2.17. The van der Waals surface area contributed by atoms with E-state index >= 15 is 0 Å². The normalized spacial score (nSPS) is 11.1. The van der Waals surface area contributed by atoms with Crippen LogP contribution in [0, 0.1) is 0 Å². The van der Waals surface area contributed by atoms with Gasteiger partial charge >= 0.3 is 12.3 Å². The summed E-state index contributed by atoms with van der Waals surface area (Å²) in [7, 11) is 0. The predicted octanol–water partition coefficient (Wildman–Crippen LogP) is 3.11. The van der Waals surface area contributed by atoms with Gasteiger partial charge in [-0.25, -0.2) is 24.7 Å². The highest BCUT2D eigenvalue weighted by Gasteiger charge is 2.31. The predicted molar refractivity (Wildman–Crippen MR) is 87.5 cm³/mol. The number of hydrogen-bond donors (Lipinski definition) is 1. The summed E-state index contributed by atoms with van der Waals surface area (Å²) in [5.41, 5.74) is 0.536. The van der Waals surface area contributed by atoms with Crippen LogP contribution in [0.1, 0.15) is 16.2 Å². The van der Waals surface area contributed by atoms with E-state index in [2.05, 4.69) is 24.7 Å². The lowest BCUT2D eigenvalue weighted by atomic mass is 10.1. The molecule has 0 saturated heterocycles. The molecule has 8 nitrogen and oxygen atoms in total. The van der Waals surface area contributed by atoms with Gasteiger partial charge in [0.1, 0.15) is 24.4 Å². The highest BCUT2D eigenvalue weighted by Crippen LogP contribution is 2.30. The molecule has 28 heavy (non-hydrogen) atoms. The number of rotatable bonds is 6. The second-order valence-corrected chi connectivity index (χ2v) is 5.28. The van der Waals surface area contributed by atoms with Crippen LogP contribution in [-0.4, -0.2) is 37.4 Å². The Morgan fingerprint density at radius 3 is 2.46 bits per heavy atom. The molecule has 2 aromatic heterocycles. The van der Waals surface area contributed by atoms with Crippen molar-refractivity contribution in [2.75, 3.05) is 0 Å². The molecule has 1 N–H and O–H groups in total. The summed E-state index contributed by atoms with van der Waals surface area (Å²) in [6.07, 6.45) is -0.956. The average molecular weight is 392 g/mol. The summed E-state index contributed by atoms with van der Waals surface area (Å²) >= 11 is 0. The quantitative estimate of drug-likeness (QED) is 0.682. The van der Waals surface area contributed by atoms with Crippen molar-refractivity contribution >= 4 is 5.97 Å². The van der Waals surface area contributed by atoms with Gasteiger partial charge in [0.15, 0.2) is 5.69 Å². The van der Waals surface area contributed by atoms with Crippen molar-refractivity contribution in [2.45, 2.75) is 13.0 Å². The fourth-order valence-electron chi connectivity index (χ4n) is 2.13. The molecule has 0 unspecified atom stereocenters. The molecule has 3 rings (SSSR count). The molecular formula is C17H11F3N4O4. The first-order valence-electron chi connectivity index (χ1n) is 7.66. The van der Waals surface area contributed by atoms with Gasteiger partial charge in [0.25, 0.3) is 0 Å². The summed E-state index contributed by atoms with van der Waals surface area (Å²) < 4.78 is 46.2. The average Bonchev–Trinajstić information content (AvgIpc) is 2.66. The van der Waals surface area contributed by atoms with Gasteiger partial charge in [-0.05, 0) is 30.3 Å². The first kappa shape index (κ1) is 19.0. The number of carboxylic acids is 1. The Bertz CT molecular complexity index is 966. The molecule has 0 aliphatic rings. The Morgan fingerprint density at radius 1 is 1.11 bits per heavy atom. The number of carbonyl (C=O) groups is 1. The first-order chi connectivity index (χ1) is 13.3. The molecule has 0 atom stereocenters. The molecule has 0 saturated carbocycles. The number of halogens is 3. The number of aromatic carboxylic acids is 1. The van der Waals surface area contributed by atoms with Crippen molar-refractivity contribution in [3.05, 3.63) is 60.4 Å². The molecule has 0 bridgehead atoms. The largest absolute Gasteiger partial charge is 0.573 e. The van der Waals surface area contributed by atoms with Crippen LogP contribution in [0.3, 0.4) is 0 Å². The fourth-order valence-corrected chi connectivity index (χ4v) is 2.13. The van der Waals surface area contributed by atoms with Gasteiger partial charge in [0.2, 0.25) is 5.88 Å². The van der Waals surface area contributed by atoms with E-state index in [0.717, 1.165) is 18.3 Å². The Kier molecular flexibility index (Phi) is 5.34. The van der Waals surface area contributed by atoms with Gasteiger partial charge in [0.05, 0.1) is 11.9 Å². The van der Waals surface area contributed by atoms with Gasteiger partial charge in [-0.1, -0.05) is 0 Å². The van der Waals surface area contributed by atoms with Crippen LogP contribution in [0.4, 0.5) is 13.2 Å². The second-order valence-electron chi connectivity index (χ2n) is 5.28. The molecule has 0 aliphatic heterocycles. The van der Waals surface area contributed by atoms with E-state index in [1.54, 1.807) is 6.07 Å². The van der Waals surface area contributed by atoms with Crippen LogP contribution < -0.4 is 9.47 Å². The number of hydrogen-bond acceptors (Lipinski definition) is 7. The van der Waals surface area contributed by atoms with Gasteiger partial charge in [-0.2, -0.15) is 0 Å². The van der Waals surface area contributed by atoms with Crippen molar-refractivity contribution in [3.8, 4) is 22.9 Å². The molecule has 1 aromatic carbocycles. The van der Waals surface area contributed by atoms with Gasteiger partial charge in [-0.3, -0.25) is 0 Å². The van der Waals surface area contributed by atoms with E-state index in [4.69, 9.17) is 9.84 Å². The Balaban J connectivity index is 1.90. The van der Waals surface area contributed by atoms with Crippen LogP contribution in [0.5, 0.6) is 11.6 Å². The smallest absolute Gasteiger partial charge is 0.476 e. The van der Waals surface area contributed by atoms with E-state index in [0.29, 0.717) is 11.3 Å². The molecular weight excluding hydrogens is 381 g/mol. The number of benzene rings is 1. The van der Waals surface area contributed by atoms with Crippen molar-refractivity contribution in [1.82, 2.24) is 19.9 Å². The summed E-state index contributed by atoms with van der Waals surface area (Å²) in [6.45, 7) is 0.00584. The van der Waals surface area contributed by atoms with Gasteiger partial charge in [-0.15, -0.1) is 13.2 Å². The third kappa shape index (κ3) is 4.90. The number of aromatic nitrogens is 4. The van der Waals surface area contributed by atoms with Crippen molar-refractivity contribution in [3.63, 3.8) is 0 Å². The van der Waals surface area contributed by atoms with Gasteiger partial charge < -0.3 is 14.6 Å². The minimum atomic E-state index is -4.82. The van der Waals surface area contributed by atoms with E-state index in [9.17, 15) is 18.0 Å². The molecule has 2 heterocycles. The molecule has 0 radical (unpaired) electrons. The van der Waals surface area contributed by atoms with E-state index in [-0.39, 0.29) is 23.9 Å². The van der Waals surface area contributed by atoms with Gasteiger partial charge in [0, 0.05) is 11.8 Å². The number of alkyl halides is 3. The highest BCUT2D eigenvalue weighted by molar-refractivity contribution is 5.86. The van der Waals surface area contributed by atoms with E-state index in [1.807, 2.05) is 0 Å². The zero-order chi connectivity index (χ0) is 20.1. The molecule has 3 aromatic rings. The molecule has 0 fully saturated rings. The first-order valence-corrected chi connectivity index (χ1v) is 7.66. The molecule has 11 heteroatoms. The third-order valence-electron chi connectivity index (χ3n) is 3.32. The summed E-state index contributed by atoms with van der Waals surface area (Å²) in [5, 5.41) is 9.12. The van der Waals surface area contributed by atoms with Crippen molar-refractivity contribution in [2.24, 2.45) is 0 Å². The Labute approximate surface area is 155 Å². The van der Waals surface area contributed by atoms with Crippen LogP contribution in [0.2, 0.25) is 0 Å². The maximum Gasteiger partial charge on any atom is 0.573 e. The Morgan fingerprint density at radius 2 is 1.86 bits per heavy atom. The summed E-state index contributed by atoms with van der Waals surface area (Å²) in [4.78, 5) is 26.9. The van der Waals surface area contributed by atoms with Crippen LogP contribution in [0.15, 0.2) is 49.1 Å².